The minimum absolute atomic E-state index is 0. The lowest BCUT2D eigenvalue weighted by Gasteiger charge is -2.23. The fourth-order valence-corrected chi connectivity index (χ4v) is 1.65. The Morgan fingerprint density at radius 3 is 2.42 bits per heavy atom. The third-order valence-corrected chi connectivity index (χ3v) is 2.58. The first kappa shape index (κ1) is 11.4. The molecule has 3 nitrogen and oxygen atoms in total. The average molecular weight is 174 g/mol. The Morgan fingerprint density at radius 2 is 2.00 bits per heavy atom. The highest BCUT2D eigenvalue weighted by Gasteiger charge is 2.26. The highest BCUT2D eigenvalue weighted by molar-refractivity contribution is 5.69. The number of rotatable bonds is 2. The summed E-state index contributed by atoms with van der Waals surface area (Å²) in [7, 11) is 0. The van der Waals surface area contributed by atoms with E-state index in [1.165, 1.54) is 0 Å². The lowest BCUT2D eigenvalue weighted by atomic mass is 9.86. The van der Waals surface area contributed by atoms with E-state index in [-0.39, 0.29) is 13.3 Å². The fourth-order valence-electron chi connectivity index (χ4n) is 1.65. The molecule has 3 N–H and O–H groups in total. The van der Waals surface area contributed by atoms with Gasteiger partial charge in [0, 0.05) is 12.8 Å². The van der Waals surface area contributed by atoms with Crippen LogP contribution in [-0.4, -0.2) is 24.2 Å². The van der Waals surface area contributed by atoms with E-state index in [0.717, 1.165) is 25.9 Å². The molecule has 72 valence electrons. The highest BCUT2D eigenvalue weighted by Crippen LogP contribution is 2.19. The third-order valence-electron chi connectivity index (χ3n) is 2.58. The monoisotopic (exact) mass is 174 g/mol. The van der Waals surface area contributed by atoms with Crippen LogP contribution in [0.5, 0.6) is 0 Å². The van der Waals surface area contributed by atoms with Crippen molar-refractivity contribution < 1.29 is 15.2 Å². The number of aliphatic carboxylic acids is 1. The van der Waals surface area contributed by atoms with Gasteiger partial charge in [0.25, 0.3) is 0 Å². The first-order chi connectivity index (χ1) is 5.22. The van der Waals surface area contributed by atoms with Gasteiger partial charge < -0.3 is 10.4 Å². The standard InChI is InChI=1S/C8H15NO2.CH4/c1-6(8(10)11)7-2-4-9-5-3-7;/h6-7,9H,2-5H2,1H3,(H,10,11);1H4/p+1. The first-order valence-corrected chi connectivity index (χ1v) is 4.26. The summed E-state index contributed by atoms with van der Waals surface area (Å²) >= 11 is 0. The molecule has 0 spiro atoms. The molecule has 0 aromatic carbocycles. The zero-order valence-corrected chi connectivity index (χ0v) is 6.92. The minimum Gasteiger partial charge on any atom is -0.481 e. The normalized spacial score (nSPS) is 21.1. The van der Waals surface area contributed by atoms with Gasteiger partial charge in [-0.15, -0.1) is 0 Å². The number of hydrogen-bond acceptors (Lipinski definition) is 1. The number of hydrogen-bond donors (Lipinski definition) is 2. The molecule has 0 radical (unpaired) electrons. The SMILES string of the molecule is C.CC(C(=O)O)C1CC[NH2+]CC1. The molecule has 0 amide bonds. The van der Waals surface area contributed by atoms with E-state index in [4.69, 9.17) is 5.11 Å². The van der Waals surface area contributed by atoms with E-state index < -0.39 is 5.97 Å². The lowest BCUT2D eigenvalue weighted by Crippen LogP contribution is -2.86. The Bertz CT molecular complexity index is 141. The number of quaternary nitrogens is 1. The van der Waals surface area contributed by atoms with Crippen molar-refractivity contribution in [2.45, 2.75) is 27.2 Å². The van der Waals surface area contributed by atoms with E-state index in [0.29, 0.717) is 5.92 Å². The second-order valence-electron chi connectivity index (χ2n) is 3.33. The largest absolute Gasteiger partial charge is 0.481 e. The molecule has 1 unspecified atom stereocenters. The van der Waals surface area contributed by atoms with Crippen molar-refractivity contribution in [3.63, 3.8) is 0 Å². The molecule has 1 aliphatic heterocycles. The Morgan fingerprint density at radius 1 is 1.50 bits per heavy atom. The summed E-state index contributed by atoms with van der Waals surface area (Å²) in [5.41, 5.74) is 0. The zero-order valence-electron chi connectivity index (χ0n) is 6.92. The van der Waals surface area contributed by atoms with Crippen molar-refractivity contribution in [1.82, 2.24) is 0 Å². The predicted octanol–water partition coefficient (Wildman–Crippen LogP) is 0.317. The summed E-state index contributed by atoms with van der Waals surface area (Å²) in [6.45, 7) is 4.02. The molecule has 0 aromatic heterocycles. The van der Waals surface area contributed by atoms with Gasteiger partial charge in [-0.25, -0.2) is 0 Å². The fraction of sp³-hybridized carbons (Fsp3) is 0.889. The average Bonchev–Trinajstić information content (AvgIpc) is 2.05. The number of piperidine rings is 1. The number of carbonyl (C=O) groups is 1. The van der Waals surface area contributed by atoms with Crippen molar-refractivity contribution >= 4 is 5.97 Å². The van der Waals surface area contributed by atoms with Crippen LogP contribution in [0.15, 0.2) is 0 Å². The Labute approximate surface area is 74.2 Å². The molecule has 1 fully saturated rings. The van der Waals surface area contributed by atoms with Crippen LogP contribution < -0.4 is 5.32 Å². The number of carboxylic acid groups (broad SMARTS) is 1. The van der Waals surface area contributed by atoms with Crippen molar-refractivity contribution in [1.29, 1.82) is 0 Å². The van der Waals surface area contributed by atoms with Crippen LogP contribution in [-0.2, 0) is 4.79 Å². The maximum absolute atomic E-state index is 10.6. The van der Waals surface area contributed by atoms with Gasteiger partial charge in [-0.2, -0.15) is 0 Å². The summed E-state index contributed by atoms with van der Waals surface area (Å²) in [6, 6.07) is 0. The van der Waals surface area contributed by atoms with Crippen LogP contribution in [0, 0.1) is 11.8 Å². The maximum Gasteiger partial charge on any atom is 0.306 e. The van der Waals surface area contributed by atoms with Gasteiger partial charge in [0.15, 0.2) is 0 Å². The number of carboxylic acids is 1. The van der Waals surface area contributed by atoms with Gasteiger partial charge in [0.1, 0.15) is 0 Å². The topological polar surface area (TPSA) is 53.9 Å². The van der Waals surface area contributed by atoms with Crippen LogP contribution in [0.1, 0.15) is 27.2 Å². The molecule has 0 aromatic rings. The van der Waals surface area contributed by atoms with Crippen molar-refractivity contribution in [3.05, 3.63) is 0 Å². The molecule has 1 atom stereocenters. The smallest absolute Gasteiger partial charge is 0.306 e. The molecule has 0 aliphatic carbocycles. The van der Waals surface area contributed by atoms with Gasteiger partial charge in [-0.05, 0) is 5.92 Å². The quantitative estimate of drug-likeness (QED) is 0.633. The lowest BCUT2D eigenvalue weighted by molar-refractivity contribution is -0.665. The van der Waals surface area contributed by atoms with E-state index in [1.807, 2.05) is 6.92 Å². The van der Waals surface area contributed by atoms with Gasteiger partial charge >= 0.3 is 5.97 Å². The van der Waals surface area contributed by atoms with E-state index in [2.05, 4.69) is 5.32 Å². The van der Waals surface area contributed by atoms with Crippen molar-refractivity contribution in [2.75, 3.05) is 13.1 Å². The van der Waals surface area contributed by atoms with Crippen LogP contribution >= 0.6 is 0 Å². The Kier molecular flexibility index (Phi) is 4.90. The molecular formula is C9H20NO2+. The second kappa shape index (κ2) is 5.14. The number of nitrogens with two attached hydrogens (primary N) is 1. The van der Waals surface area contributed by atoms with Gasteiger partial charge in [0.2, 0.25) is 0 Å². The molecular weight excluding hydrogens is 154 g/mol. The Hall–Kier alpha value is -0.570. The van der Waals surface area contributed by atoms with Gasteiger partial charge in [-0.3, -0.25) is 4.79 Å². The molecule has 1 saturated heterocycles. The summed E-state index contributed by atoms with van der Waals surface area (Å²) in [4.78, 5) is 10.6. The summed E-state index contributed by atoms with van der Waals surface area (Å²) in [5.74, 6) is -0.377. The molecule has 12 heavy (non-hydrogen) atoms. The van der Waals surface area contributed by atoms with Crippen LogP contribution in [0.3, 0.4) is 0 Å². The van der Waals surface area contributed by atoms with E-state index in [1.54, 1.807) is 0 Å². The van der Waals surface area contributed by atoms with Gasteiger partial charge in [-0.1, -0.05) is 14.4 Å². The molecule has 1 aliphatic rings. The van der Waals surface area contributed by atoms with E-state index in [9.17, 15) is 4.79 Å². The minimum atomic E-state index is -0.642. The summed E-state index contributed by atoms with van der Waals surface area (Å²) < 4.78 is 0. The first-order valence-electron chi connectivity index (χ1n) is 4.26. The van der Waals surface area contributed by atoms with Crippen LogP contribution in [0.4, 0.5) is 0 Å². The maximum atomic E-state index is 10.6. The molecule has 0 saturated carbocycles. The predicted molar refractivity (Wildman–Crippen MR) is 47.9 cm³/mol. The summed E-state index contributed by atoms with van der Waals surface area (Å²) in [5, 5.41) is 11.0. The molecule has 1 rings (SSSR count). The van der Waals surface area contributed by atoms with Crippen molar-refractivity contribution in [3.8, 4) is 0 Å². The summed E-state index contributed by atoms with van der Waals surface area (Å²) in [6.07, 6.45) is 2.13. The molecule has 1 heterocycles. The third kappa shape index (κ3) is 2.81. The Balaban J connectivity index is 0.00000121. The van der Waals surface area contributed by atoms with Gasteiger partial charge in [0.05, 0.1) is 19.0 Å². The molecule has 0 bridgehead atoms. The van der Waals surface area contributed by atoms with Crippen LogP contribution in [0.25, 0.3) is 0 Å². The zero-order chi connectivity index (χ0) is 8.27. The highest BCUT2D eigenvalue weighted by atomic mass is 16.4. The van der Waals surface area contributed by atoms with Crippen molar-refractivity contribution in [2.24, 2.45) is 11.8 Å². The second-order valence-corrected chi connectivity index (χ2v) is 3.33. The molecule has 3 heteroatoms. The van der Waals surface area contributed by atoms with Crippen LogP contribution in [0.2, 0.25) is 0 Å². The van der Waals surface area contributed by atoms with E-state index >= 15 is 0 Å².